The Morgan fingerprint density at radius 2 is 1.74 bits per heavy atom. The molecule has 0 atom stereocenters. The minimum absolute atomic E-state index is 0.215. The molecule has 0 unspecified atom stereocenters. The van der Waals surface area contributed by atoms with Gasteiger partial charge in [-0.05, 0) is 42.0 Å². The molecular weight excluding hydrogens is 305 g/mol. The van der Waals surface area contributed by atoms with Crippen LogP contribution >= 0.6 is 15.9 Å². The van der Waals surface area contributed by atoms with Crippen molar-refractivity contribution in [1.29, 1.82) is 0 Å². The number of aromatic nitrogens is 1. The molecule has 1 heterocycles. The largest absolute Gasteiger partial charge is 0.355 e. The topological polar surface area (TPSA) is 15.8 Å². The lowest BCUT2D eigenvalue weighted by atomic mass is 10.2. The van der Waals surface area contributed by atoms with E-state index in [2.05, 4.69) is 33.0 Å². The molecule has 0 fully saturated rings. The van der Waals surface area contributed by atoms with Crippen molar-refractivity contribution in [2.24, 2.45) is 0 Å². The fourth-order valence-electron chi connectivity index (χ4n) is 1.97. The average molecular weight is 316 g/mol. The Balaban J connectivity index is 1.90. The van der Waals surface area contributed by atoms with Crippen LogP contribution in [0, 0.1) is 5.82 Å². The number of hydrogen-bond donors (Lipinski definition) is 1. The van der Waals surface area contributed by atoms with Gasteiger partial charge in [0.05, 0.1) is 0 Å². The number of benzene rings is 2. The molecule has 0 amide bonds. The first-order chi connectivity index (χ1) is 9.20. The van der Waals surface area contributed by atoms with E-state index in [0.29, 0.717) is 0 Å². The molecule has 94 valence electrons. The number of aromatic amines is 1. The molecule has 3 rings (SSSR count). The van der Waals surface area contributed by atoms with E-state index >= 15 is 0 Å². The minimum Gasteiger partial charge on any atom is -0.355 e. The van der Waals surface area contributed by atoms with Gasteiger partial charge in [-0.2, -0.15) is 0 Å². The lowest BCUT2D eigenvalue weighted by molar-refractivity contribution is 0.628. The first-order valence-electron chi connectivity index (χ1n) is 5.93. The molecule has 19 heavy (non-hydrogen) atoms. The average Bonchev–Trinajstić information content (AvgIpc) is 2.80. The number of hydrogen-bond acceptors (Lipinski definition) is 0. The summed E-state index contributed by atoms with van der Waals surface area (Å²) in [4.78, 5) is 3.33. The standard InChI is InChI=1S/C16H11BrFN/c17-13-5-4-12-9-15(19-16(12)10-13)8-3-11-1-6-14(18)7-2-11/h1-10,19H. The third-order valence-corrected chi connectivity index (χ3v) is 3.42. The highest BCUT2D eigenvalue weighted by Gasteiger charge is 1.98. The van der Waals surface area contributed by atoms with Gasteiger partial charge in [0.15, 0.2) is 0 Å². The molecule has 0 aliphatic heterocycles. The Hall–Kier alpha value is -1.87. The first kappa shape index (κ1) is 12.2. The van der Waals surface area contributed by atoms with Gasteiger partial charge in [0, 0.05) is 21.1 Å². The maximum atomic E-state index is 12.8. The molecule has 2 aromatic carbocycles. The Bertz CT molecular complexity index is 741. The number of halogens is 2. The van der Waals surface area contributed by atoms with E-state index in [1.807, 2.05) is 24.3 Å². The zero-order valence-corrected chi connectivity index (χ0v) is 11.6. The highest BCUT2D eigenvalue weighted by molar-refractivity contribution is 9.10. The molecular formula is C16H11BrFN. The van der Waals surface area contributed by atoms with Crippen LogP contribution in [-0.2, 0) is 0 Å². The van der Waals surface area contributed by atoms with E-state index in [1.165, 1.54) is 17.5 Å². The zero-order chi connectivity index (χ0) is 13.2. The second-order valence-corrected chi connectivity index (χ2v) is 5.26. The molecule has 0 radical (unpaired) electrons. The Morgan fingerprint density at radius 1 is 0.947 bits per heavy atom. The molecule has 0 saturated carbocycles. The van der Waals surface area contributed by atoms with Crippen LogP contribution in [0.5, 0.6) is 0 Å². The number of nitrogens with one attached hydrogen (secondary N) is 1. The van der Waals surface area contributed by atoms with Gasteiger partial charge >= 0.3 is 0 Å². The van der Waals surface area contributed by atoms with Crippen LogP contribution < -0.4 is 0 Å². The fourth-order valence-corrected chi connectivity index (χ4v) is 2.33. The Kier molecular flexibility index (Phi) is 3.22. The van der Waals surface area contributed by atoms with Gasteiger partial charge in [0.1, 0.15) is 5.82 Å². The summed E-state index contributed by atoms with van der Waals surface area (Å²) in [5.41, 5.74) is 3.09. The predicted octanol–water partition coefficient (Wildman–Crippen LogP) is 5.24. The van der Waals surface area contributed by atoms with Gasteiger partial charge < -0.3 is 4.98 Å². The summed E-state index contributed by atoms with van der Waals surface area (Å²) < 4.78 is 13.8. The molecule has 0 aliphatic carbocycles. The molecule has 1 N–H and O–H groups in total. The third kappa shape index (κ3) is 2.76. The molecule has 0 aliphatic rings. The zero-order valence-electron chi connectivity index (χ0n) is 10.0. The van der Waals surface area contributed by atoms with Crippen LogP contribution in [0.2, 0.25) is 0 Å². The molecule has 1 nitrogen and oxygen atoms in total. The summed E-state index contributed by atoms with van der Waals surface area (Å²) in [5, 5.41) is 1.17. The van der Waals surface area contributed by atoms with E-state index < -0.39 is 0 Å². The van der Waals surface area contributed by atoms with Crippen molar-refractivity contribution >= 4 is 39.0 Å². The lowest BCUT2D eigenvalue weighted by Gasteiger charge is -1.92. The van der Waals surface area contributed by atoms with E-state index in [4.69, 9.17) is 0 Å². The maximum absolute atomic E-state index is 12.8. The summed E-state index contributed by atoms with van der Waals surface area (Å²) >= 11 is 3.45. The smallest absolute Gasteiger partial charge is 0.123 e. The van der Waals surface area contributed by atoms with E-state index in [9.17, 15) is 4.39 Å². The molecule has 0 spiro atoms. The van der Waals surface area contributed by atoms with Crippen molar-refractivity contribution in [2.45, 2.75) is 0 Å². The van der Waals surface area contributed by atoms with Crippen LogP contribution in [-0.4, -0.2) is 4.98 Å². The summed E-state index contributed by atoms with van der Waals surface area (Å²) in [7, 11) is 0. The van der Waals surface area contributed by atoms with Crippen LogP contribution in [0.1, 0.15) is 11.3 Å². The molecule has 3 aromatic rings. The van der Waals surface area contributed by atoms with E-state index in [1.54, 1.807) is 12.1 Å². The lowest BCUT2D eigenvalue weighted by Crippen LogP contribution is -1.75. The Labute approximate surface area is 118 Å². The van der Waals surface area contributed by atoms with Crippen LogP contribution in [0.15, 0.2) is 53.0 Å². The SMILES string of the molecule is Fc1ccc(C=Cc2cc3ccc(Br)cc3[nH]2)cc1. The van der Waals surface area contributed by atoms with Crippen LogP contribution in [0.3, 0.4) is 0 Å². The fraction of sp³-hybridized carbons (Fsp3) is 0. The Morgan fingerprint density at radius 3 is 2.53 bits per heavy atom. The predicted molar refractivity (Wildman–Crippen MR) is 81.3 cm³/mol. The molecule has 0 bridgehead atoms. The van der Waals surface area contributed by atoms with Crippen molar-refractivity contribution in [1.82, 2.24) is 4.98 Å². The van der Waals surface area contributed by atoms with Gasteiger partial charge in [-0.3, -0.25) is 0 Å². The van der Waals surface area contributed by atoms with E-state index in [-0.39, 0.29) is 5.82 Å². The third-order valence-electron chi connectivity index (χ3n) is 2.93. The highest BCUT2D eigenvalue weighted by Crippen LogP contribution is 2.21. The van der Waals surface area contributed by atoms with Crippen molar-refractivity contribution in [2.75, 3.05) is 0 Å². The van der Waals surface area contributed by atoms with Crippen LogP contribution in [0.25, 0.3) is 23.1 Å². The van der Waals surface area contributed by atoms with Crippen LogP contribution in [0.4, 0.5) is 4.39 Å². The number of fused-ring (bicyclic) bond motifs is 1. The molecule has 0 saturated heterocycles. The van der Waals surface area contributed by atoms with Crippen molar-refractivity contribution in [3.05, 3.63) is 70.1 Å². The monoisotopic (exact) mass is 315 g/mol. The minimum atomic E-state index is -0.215. The highest BCUT2D eigenvalue weighted by atomic mass is 79.9. The normalized spacial score (nSPS) is 11.5. The van der Waals surface area contributed by atoms with Gasteiger partial charge in [-0.1, -0.05) is 40.2 Å². The summed E-state index contributed by atoms with van der Waals surface area (Å²) in [5.74, 6) is -0.215. The first-order valence-corrected chi connectivity index (χ1v) is 6.72. The van der Waals surface area contributed by atoms with Gasteiger partial charge in [0.2, 0.25) is 0 Å². The quantitative estimate of drug-likeness (QED) is 0.665. The van der Waals surface area contributed by atoms with Gasteiger partial charge in [0.25, 0.3) is 0 Å². The second kappa shape index (κ2) is 5.02. The van der Waals surface area contributed by atoms with Crippen molar-refractivity contribution in [3.8, 4) is 0 Å². The molecule has 3 heteroatoms. The van der Waals surface area contributed by atoms with Gasteiger partial charge in [-0.25, -0.2) is 4.39 Å². The molecule has 1 aromatic heterocycles. The summed E-state index contributed by atoms with van der Waals surface area (Å²) in [6, 6.07) is 14.6. The summed E-state index contributed by atoms with van der Waals surface area (Å²) in [6.45, 7) is 0. The second-order valence-electron chi connectivity index (χ2n) is 4.34. The van der Waals surface area contributed by atoms with Crippen molar-refractivity contribution in [3.63, 3.8) is 0 Å². The summed E-state index contributed by atoms with van der Waals surface area (Å²) in [6.07, 6.45) is 3.94. The number of rotatable bonds is 2. The van der Waals surface area contributed by atoms with Crippen molar-refractivity contribution < 1.29 is 4.39 Å². The number of H-pyrrole nitrogens is 1. The van der Waals surface area contributed by atoms with Gasteiger partial charge in [-0.15, -0.1) is 0 Å². The maximum Gasteiger partial charge on any atom is 0.123 e. The van der Waals surface area contributed by atoms with E-state index in [0.717, 1.165) is 21.2 Å².